The molecule has 0 bridgehead atoms. The summed E-state index contributed by atoms with van der Waals surface area (Å²) < 4.78 is 2.00. The molecule has 0 aromatic carbocycles. The molecule has 1 heterocycles. The number of nitrogens with one attached hydrogen (secondary N) is 1. The van der Waals surface area contributed by atoms with Crippen molar-refractivity contribution in [1.82, 2.24) is 15.1 Å². The predicted octanol–water partition coefficient (Wildman–Crippen LogP) is 2.18. The van der Waals surface area contributed by atoms with Crippen LogP contribution < -0.4 is 5.32 Å². The van der Waals surface area contributed by atoms with Crippen LogP contribution in [0, 0.1) is 11.8 Å². The van der Waals surface area contributed by atoms with Gasteiger partial charge in [0.05, 0.1) is 6.20 Å². The zero-order valence-electron chi connectivity index (χ0n) is 10.0. The first-order valence-corrected chi connectivity index (χ1v) is 6.61. The van der Waals surface area contributed by atoms with Crippen LogP contribution in [-0.4, -0.2) is 15.8 Å². The van der Waals surface area contributed by atoms with Crippen molar-refractivity contribution in [3.05, 3.63) is 18.0 Å². The predicted molar refractivity (Wildman–Crippen MR) is 64.0 cm³/mol. The van der Waals surface area contributed by atoms with Gasteiger partial charge < -0.3 is 5.32 Å². The van der Waals surface area contributed by atoms with Crippen molar-refractivity contribution in [3.8, 4) is 0 Å². The monoisotopic (exact) mass is 219 g/mol. The lowest BCUT2D eigenvalue weighted by Crippen LogP contribution is -2.32. The van der Waals surface area contributed by atoms with Gasteiger partial charge in [-0.1, -0.05) is 0 Å². The highest BCUT2D eigenvalue weighted by Crippen LogP contribution is 2.44. The molecule has 1 aromatic rings. The molecule has 0 aliphatic heterocycles. The lowest BCUT2D eigenvalue weighted by molar-refractivity contribution is 0.415. The van der Waals surface area contributed by atoms with E-state index >= 15 is 0 Å². The Labute approximate surface area is 97.2 Å². The van der Waals surface area contributed by atoms with E-state index in [0.29, 0.717) is 0 Å². The van der Waals surface area contributed by atoms with Gasteiger partial charge in [-0.2, -0.15) is 5.10 Å². The molecule has 88 valence electrons. The van der Waals surface area contributed by atoms with Gasteiger partial charge in [0, 0.05) is 30.9 Å². The molecule has 0 radical (unpaired) electrons. The van der Waals surface area contributed by atoms with E-state index in [4.69, 9.17) is 0 Å². The van der Waals surface area contributed by atoms with E-state index < -0.39 is 0 Å². The molecule has 1 aromatic heterocycles. The summed E-state index contributed by atoms with van der Waals surface area (Å²) in [6.45, 7) is 4.09. The lowest BCUT2D eigenvalue weighted by Gasteiger charge is -2.16. The van der Waals surface area contributed by atoms with Crippen molar-refractivity contribution in [3.63, 3.8) is 0 Å². The molecule has 0 atom stereocenters. The first kappa shape index (κ1) is 10.3. The minimum atomic E-state index is 0.796. The molecule has 3 heteroatoms. The third kappa shape index (κ3) is 2.29. The summed E-state index contributed by atoms with van der Waals surface area (Å²) in [6.07, 6.45) is 9.94. The highest BCUT2D eigenvalue weighted by molar-refractivity contribution is 5.05. The van der Waals surface area contributed by atoms with E-state index in [2.05, 4.69) is 23.5 Å². The van der Waals surface area contributed by atoms with Gasteiger partial charge in [0.1, 0.15) is 0 Å². The fourth-order valence-electron chi connectivity index (χ4n) is 2.54. The normalized spacial score (nSPS) is 20.6. The molecule has 3 rings (SSSR count). The van der Waals surface area contributed by atoms with Crippen molar-refractivity contribution in [2.24, 2.45) is 11.8 Å². The summed E-state index contributed by atoms with van der Waals surface area (Å²) in [6, 6.07) is 0.796. The molecule has 1 N–H and O–H groups in total. The fraction of sp³-hybridized carbons (Fsp3) is 0.769. The standard InChI is InChI=1S/C13H21N3/c1-2-16-9-10(8-15-16)7-14-13(11-3-4-11)12-5-6-12/h8-9,11-14H,2-7H2,1H3. The van der Waals surface area contributed by atoms with Crippen molar-refractivity contribution in [1.29, 1.82) is 0 Å². The van der Waals surface area contributed by atoms with Crippen LogP contribution in [0.2, 0.25) is 0 Å². The van der Waals surface area contributed by atoms with Crippen molar-refractivity contribution >= 4 is 0 Å². The number of aromatic nitrogens is 2. The van der Waals surface area contributed by atoms with Gasteiger partial charge >= 0.3 is 0 Å². The van der Waals surface area contributed by atoms with Gasteiger partial charge in [-0.3, -0.25) is 4.68 Å². The largest absolute Gasteiger partial charge is 0.309 e. The molecular weight excluding hydrogens is 198 g/mol. The molecule has 0 saturated heterocycles. The van der Waals surface area contributed by atoms with Gasteiger partial charge in [0.25, 0.3) is 0 Å². The second kappa shape index (κ2) is 4.21. The SMILES string of the molecule is CCn1cc(CNC(C2CC2)C2CC2)cn1. The van der Waals surface area contributed by atoms with Crippen LogP contribution in [0.1, 0.15) is 38.2 Å². The second-order valence-electron chi connectivity index (χ2n) is 5.29. The molecule has 3 nitrogen and oxygen atoms in total. The van der Waals surface area contributed by atoms with Crippen LogP contribution in [-0.2, 0) is 13.1 Å². The maximum Gasteiger partial charge on any atom is 0.0534 e. The number of hydrogen-bond donors (Lipinski definition) is 1. The Morgan fingerprint density at radius 2 is 2.06 bits per heavy atom. The number of hydrogen-bond acceptors (Lipinski definition) is 2. The second-order valence-corrected chi connectivity index (χ2v) is 5.29. The first-order valence-electron chi connectivity index (χ1n) is 6.61. The molecular formula is C13H21N3. The number of aryl methyl sites for hydroxylation is 1. The Bertz CT molecular complexity index is 338. The van der Waals surface area contributed by atoms with E-state index in [1.54, 1.807) is 0 Å². The lowest BCUT2D eigenvalue weighted by atomic mass is 10.1. The highest BCUT2D eigenvalue weighted by Gasteiger charge is 2.40. The molecule has 0 amide bonds. The molecule has 2 fully saturated rings. The van der Waals surface area contributed by atoms with Gasteiger partial charge in [0.2, 0.25) is 0 Å². The Balaban J connectivity index is 1.53. The molecule has 0 spiro atoms. The minimum Gasteiger partial charge on any atom is -0.309 e. The van der Waals surface area contributed by atoms with Crippen molar-refractivity contribution < 1.29 is 0 Å². The number of nitrogens with zero attached hydrogens (tertiary/aromatic N) is 2. The minimum absolute atomic E-state index is 0.796. The van der Waals surface area contributed by atoms with Gasteiger partial charge in [-0.05, 0) is 44.4 Å². The molecule has 0 unspecified atom stereocenters. The topological polar surface area (TPSA) is 29.9 Å². The zero-order chi connectivity index (χ0) is 11.0. The summed E-state index contributed by atoms with van der Waals surface area (Å²) in [7, 11) is 0. The van der Waals surface area contributed by atoms with Crippen molar-refractivity contribution in [2.75, 3.05) is 0 Å². The Kier molecular flexibility index (Phi) is 2.72. The average molecular weight is 219 g/mol. The third-order valence-corrected chi connectivity index (χ3v) is 3.81. The Morgan fingerprint density at radius 3 is 2.56 bits per heavy atom. The first-order chi connectivity index (χ1) is 7.86. The van der Waals surface area contributed by atoms with E-state index in [1.807, 2.05) is 10.9 Å². The maximum absolute atomic E-state index is 4.31. The quantitative estimate of drug-likeness (QED) is 0.794. The Hall–Kier alpha value is -0.830. The van der Waals surface area contributed by atoms with Crippen LogP contribution in [0.5, 0.6) is 0 Å². The molecule has 2 saturated carbocycles. The van der Waals surface area contributed by atoms with E-state index in [9.17, 15) is 0 Å². The maximum atomic E-state index is 4.31. The summed E-state index contributed by atoms with van der Waals surface area (Å²) >= 11 is 0. The van der Waals surface area contributed by atoms with Crippen LogP contribution >= 0.6 is 0 Å². The van der Waals surface area contributed by atoms with Crippen LogP contribution in [0.4, 0.5) is 0 Å². The zero-order valence-corrected chi connectivity index (χ0v) is 10.0. The highest BCUT2D eigenvalue weighted by atomic mass is 15.3. The summed E-state index contributed by atoms with van der Waals surface area (Å²) in [5.41, 5.74) is 1.33. The Morgan fingerprint density at radius 1 is 1.38 bits per heavy atom. The molecule has 16 heavy (non-hydrogen) atoms. The summed E-state index contributed by atoms with van der Waals surface area (Å²) in [4.78, 5) is 0. The third-order valence-electron chi connectivity index (χ3n) is 3.81. The molecule has 2 aliphatic rings. The van der Waals surface area contributed by atoms with E-state index in [0.717, 1.165) is 31.0 Å². The smallest absolute Gasteiger partial charge is 0.0534 e. The van der Waals surface area contributed by atoms with Crippen LogP contribution in [0.25, 0.3) is 0 Å². The van der Waals surface area contributed by atoms with Gasteiger partial charge in [0.15, 0.2) is 0 Å². The van der Waals surface area contributed by atoms with E-state index in [-0.39, 0.29) is 0 Å². The van der Waals surface area contributed by atoms with Crippen LogP contribution in [0.15, 0.2) is 12.4 Å². The summed E-state index contributed by atoms with van der Waals surface area (Å²) in [5, 5.41) is 8.05. The van der Waals surface area contributed by atoms with Gasteiger partial charge in [-0.25, -0.2) is 0 Å². The fourth-order valence-corrected chi connectivity index (χ4v) is 2.54. The van der Waals surface area contributed by atoms with Gasteiger partial charge in [-0.15, -0.1) is 0 Å². The van der Waals surface area contributed by atoms with E-state index in [1.165, 1.54) is 31.2 Å². The summed E-state index contributed by atoms with van der Waals surface area (Å²) in [5.74, 6) is 1.96. The number of rotatable bonds is 6. The van der Waals surface area contributed by atoms with Crippen molar-refractivity contribution in [2.45, 2.75) is 51.7 Å². The average Bonchev–Trinajstić information content (AvgIpc) is 3.20. The molecule has 2 aliphatic carbocycles. The van der Waals surface area contributed by atoms with Crippen LogP contribution in [0.3, 0.4) is 0 Å².